The van der Waals surface area contributed by atoms with Crippen molar-refractivity contribution in [3.63, 3.8) is 0 Å². The van der Waals surface area contributed by atoms with Crippen LogP contribution in [0.5, 0.6) is 11.5 Å². The summed E-state index contributed by atoms with van der Waals surface area (Å²) in [6.07, 6.45) is 0. The van der Waals surface area contributed by atoms with Gasteiger partial charge in [-0.05, 0) is 0 Å². The quantitative estimate of drug-likeness (QED) is 0.669. The highest BCUT2D eigenvalue weighted by atomic mass is 16.5. The number of nitriles is 1. The average Bonchev–Trinajstić information content (AvgIpc) is 2.26. The molecular weight excluding hydrogens is 182 g/mol. The van der Waals surface area contributed by atoms with Gasteiger partial charge in [-0.2, -0.15) is 5.26 Å². The Hall–Kier alpha value is -2.27. The average molecular weight is 190 g/mol. The Balaban J connectivity index is 3.39. The minimum Gasteiger partial charge on any atom is -0.495 e. The molecule has 0 N–H and O–H groups in total. The minimum atomic E-state index is 0.225. The first-order valence-corrected chi connectivity index (χ1v) is 3.78. The van der Waals surface area contributed by atoms with Gasteiger partial charge in [0.15, 0.2) is 4.98 Å². The Bertz CT molecular complexity index is 387. The Morgan fingerprint density at radius 1 is 1.21 bits per heavy atom. The van der Waals surface area contributed by atoms with Crippen molar-refractivity contribution in [2.75, 3.05) is 14.2 Å². The number of diazo groups is 1. The number of nitrogens with zero attached hydrogens (tertiary/aromatic N) is 3. The molecule has 5 heteroatoms. The fourth-order valence-electron chi connectivity index (χ4n) is 1.05. The van der Waals surface area contributed by atoms with Crippen molar-refractivity contribution in [2.24, 2.45) is 0 Å². The van der Waals surface area contributed by atoms with Gasteiger partial charge in [-0.3, -0.25) is 0 Å². The topological polar surface area (TPSA) is 70.4 Å². The number of rotatable bonds is 2. The fraction of sp³-hybridized carbons (Fsp3) is 0.222. The smallest absolute Gasteiger partial charge is 0.430 e. The number of benzene rings is 1. The molecule has 0 saturated carbocycles. The molecular formula is C9H8N3O2+. The summed E-state index contributed by atoms with van der Waals surface area (Å²) in [5, 5.41) is 17.4. The van der Waals surface area contributed by atoms with E-state index in [9.17, 15) is 0 Å². The van der Waals surface area contributed by atoms with Crippen LogP contribution in [0.1, 0.15) is 5.56 Å². The standard InChI is InChI=1S/C9H8N3O2/c1-13-8-4-7(12-11)9(14-2)3-6(8)5-10/h3-4H,1-2H3/q+1. The first kappa shape index (κ1) is 9.82. The SMILES string of the molecule is COc1cc([N+]#N)c(OC)cc1C#N. The number of hydrogen-bond acceptors (Lipinski definition) is 4. The molecule has 0 aliphatic heterocycles. The van der Waals surface area contributed by atoms with Gasteiger partial charge in [0, 0.05) is 6.07 Å². The van der Waals surface area contributed by atoms with Crippen LogP contribution in [0, 0.1) is 16.7 Å². The molecule has 0 aliphatic carbocycles. The highest BCUT2D eigenvalue weighted by molar-refractivity contribution is 5.65. The van der Waals surface area contributed by atoms with Crippen LogP contribution in [0.25, 0.3) is 4.98 Å². The zero-order valence-electron chi connectivity index (χ0n) is 7.81. The van der Waals surface area contributed by atoms with Gasteiger partial charge in [0.1, 0.15) is 11.8 Å². The van der Waals surface area contributed by atoms with E-state index >= 15 is 0 Å². The molecule has 0 bridgehead atoms. The third-order valence-corrected chi connectivity index (χ3v) is 1.73. The van der Waals surface area contributed by atoms with Gasteiger partial charge in [-0.25, -0.2) is 0 Å². The summed E-state index contributed by atoms with van der Waals surface area (Å²) in [5.41, 5.74) is 0.556. The molecule has 0 atom stereocenters. The van der Waals surface area contributed by atoms with Gasteiger partial charge in [0.25, 0.3) is 0 Å². The molecule has 0 spiro atoms. The summed E-state index contributed by atoms with van der Waals surface area (Å²) in [6, 6.07) is 4.82. The van der Waals surface area contributed by atoms with Gasteiger partial charge in [0.05, 0.1) is 25.8 Å². The fourth-order valence-corrected chi connectivity index (χ4v) is 1.05. The molecule has 0 radical (unpaired) electrons. The summed E-state index contributed by atoms with van der Waals surface area (Å²) in [7, 11) is 2.86. The monoisotopic (exact) mass is 190 g/mol. The normalized spacial score (nSPS) is 8.57. The van der Waals surface area contributed by atoms with Crippen molar-refractivity contribution in [1.82, 2.24) is 0 Å². The van der Waals surface area contributed by atoms with Crippen LogP contribution in [0.2, 0.25) is 0 Å². The van der Waals surface area contributed by atoms with E-state index in [0.717, 1.165) is 0 Å². The number of ether oxygens (including phenoxy) is 2. The van der Waals surface area contributed by atoms with Crippen molar-refractivity contribution >= 4 is 5.69 Å². The third kappa shape index (κ3) is 1.57. The molecule has 70 valence electrons. The third-order valence-electron chi connectivity index (χ3n) is 1.73. The van der Waals surface area contributed by atoms with Crippen LogP contribution in [0.15, 0.2) is 12.1 Å². The molecule has 1 rings (SSSR count). The lowest BCUT2D eigenvalue weighted by Crippen LogP contribution is -1.90. The lowest BCUT2D eigenvalue weighted by Gasteiger charge is -2.02. The molecule has 0 unspecified atom stereocenters. The number of methoxy groups -OCH3 is 2. The van der Waals surface area contributed by atoms with Crippen molar-refractivity contribution in [3.05, 3.63) is 22.7 Å². The molecule has 0 heterocycles. The highest BCUT2D eigenvalue weighted by Gasteiger charge is 2.19. The van der Waals surface area contributed by atoms with Crippen molar-refractivity contribution in [1.29, 1.82) is 10.7 Å². The Morgan fingerprint density at radius 2 is 1.86 bits per heavy atom. The summed E-state index contributed by atoms with van der Waals surface area (Å²) in [5.74, 6) is 0.672. The zero-order valence-corrected chi connectivity index (χ0v) is 7.81. The Morgan fingerprint density at radius 3 is 2.29 bits per heavy atom. The van der Waals surface area contributed by atoms with Gasteiger partial charge in [0.2, 0.25) is 11.1 Å². The lowest BCUT2D eigenvalue weighted by atomic mass is 10.2. The van der Waals surface area contributed by atoms with E-state index in [1.807, 2.05) is 6.07 Å². The van der Waals surface area contributed by atoms with Crippen molar-refractivity contribution in [2.45, 2.75) is 0 Å². The van der Waals surface area contributed by atoms with Crippen molar-refractivity contribution in [3.8, 4) is 17.6 Å². The van der Waals surface area contributed by atoms with E-state index in [2.05, 4.69) is 4.98 Å². The largest absolute Gasteiger partial charge is 0.495 e. The maximum atomic E-state index is 8.75. The van der Waals surface area contributed by atoms with E-state index in [-0.39, 0.29) is 5.69 Å². The predicted molar refractivity (Wildman–Crippen MR) is 49.0 cm³/mol. The van der Waals surface area contributed by atoms with Gasteiger partial charge in [-0.1, -0.05) is 0 Å². The summed E-state index contributed by atoms with van der Waals surface area (Å²) >= 11 is 0. The summed E-state index contributed by atoms with van der Waals surface area (Å²) < 4.78 is 9.85. The van der Waals surface area contributed by atoms with E-state index in [1.165, 1.54) is 26.4 Å². The highest BCUT2D eigenvalue weighted by Crippen LogP contribution is 2.34. The molecule has 0 aliphatic rings. The predicted octanol–water partition coefficient (Wildman–Crippen LogP) is 2.06. The van der Waals surface area contributed by atoms with Crippen LogP contribution in [0.3, 0.4) is 0 Å². The molecule has 1 aromatic rings. The van der Waals surface area contributed by atoms with E-state index < -0.39 is 0 Å². The van der Waals surface area contributed by atoms with Crippen LogP contribution in [-0.4, -0.2) is 14.2 Å². The van der Waals surface area contributed by atoms with Crippen molar-refractivity contribution < 1.29 is 9.47 Å². The van der Waals surface area contributed by atoms with Crippen LogP contribution >= 0.6 is 0 Å². The first-order valence-electron chi connectivity index (χ1n) is 3.78. The van der Waals surface area contributed by atoms with Crippen LogP contribution in [0.4, 0.5) is 5.69 Å². The van der Waals surface area contributed by atoms with E-state index in [4.69, 9.17) is 20.1 Å². The van der Waals surface area contributed by atoms with Crippen LogP contribution < -0.4 is 9.47 Å². The second kappa shape index (κ2) is 4.11. The van der Waals surface area contributed by atoms with E-state index in [1.54, 1.807) is 0 Å². The maximum absolute atomic E-state index is 8.75. The Kier molecular flexibility index (Phi) is 2.88. The van der Waals surface area contributed by atoms with Gasteiger partial charge < -0.3 is 9.47 Å². The maximum Gasteiger partial charge on any atom is 0.430 e. The molecule has 1 aromatic carbocycles. The molecule has 5 nitrogen and oxygen atoms in total. The second-order valence-corrected chi connectivity index (χ2v) is 2.44. The van der Waals surface area contributed by atoms with E-state index in [0.29, 0.717) is 17.1 Å². The molecule has 0 aromatic heterocycles. The lowest BCUT2D eigenvalue weighted by molar-refractivity contribution is 0.404. The minimum absolute atomic E-state index is 0.225. The molecule has 0 fully saturated rings. The van der Waals surface area contributed by atoms with Gasteiger partial charge >= 0.3 is 5.69 Å². The summed E-state index contributed by atoms with van der Waals surface area (Å²) in [6.45, 7) is 0. The first-order chi connectivity index (χ1) is 6.76. The molecule has 0 saturated heterocycles. The summed E-state index contributed by atoms with van der Waals surface area (Å²) in [4.78, 5) is 3.01. The molecule has 14 heavy (non-hydrogen) atoms. The second-order valence-electron chi connectivity index (χ2n) is 2.44. The van der Waals surface area contributed by atoms with Crippen LogP contribution in [-0.2, 0) is 0 Å². The Labute approximate surface area is 81.1 Å². The number of hydrogen-bond donors (Lipinski definition) is 0. The molecule has 0 amide bonds. The zero-order chi connectivity index (χ0) is 10.6. The van der Waals surface area contributed by atoms with Gasteiger partial charge in [-0.15, -0.1) is 0 Å².